The van der Waals surface area contributed by atoms with Crippen molar-refractivity contribution in [3.63, 3.8) is 0 Å². The summed E-state index contributed by atoms with van der Waals surface area (Å²) in [5.74, 6) is -0.147. The van der Waals surface area contributed by atoms with Crippen molar-refractivity contribution < 1.29 is 13.9 Å². The Bertz CT molecular complexity index is 1250. The van der Waals surface area contributed by atoms with Crippen molar-refractivity contribution in [2.45, 2.75) is 20.4 Å². The van der Waals surface area contributed by atoms with E-state index in [1.807, 2.05) is 13.8 Å². The third-order valence-electron chi connectivity index (χ3n) is 5.02. The molecule has 0 radical (unpaired) electrons. The van der Waals surface area contributed by atoms with Crippen LogP contribution in [0.2, 0.25) is 0 Å². The van der Waals surface area contributed by atoms with E-state index in [-0.39, 0.29) is 11.7 Å². The summed E-state index contributed by atoms with van der Waals surface area (Å²) in [5, 5.41) is 8.00. The van der Waals surface area contributed by atoms with Crippen molar-refractivity contribution >= 4 is 16.8 Å². The van der Waals surface area contributed by atoms with E-state index in [9.17, 15) is 9.18 Å². The standard InChI is InChI=1S/C23H22FN5O2/c1-4-31-20-9-16(10-26-22(20)15-6-5-7-18(24)8-15)23(30)29(3)13-17-11-25-14(2)19-12-27-28-21(17)19/h5-12H,4,13H2,1-3H3,(H,27,28). The molecule has 0 saturated heterocycles. The molecule has 1 aromatic carbocycles. The number of amides is 1. The molecule has 4 aromatic rings. The molecule has 0 spiro atoms. The van der Waals surface area contributed by atoms with Crippen LogP contribution in [0.25, 0.3) is 22.2 Å². The second-order valence-electron chi connectivity index (χ2n) is 7.20. The first-order valence-electron chi connectivity index (χ1n) is 9.89. The highest BCUT2D eigenvalue weighted by Gasteiger charge is 2.18. The average Bonchev–Trinajstić information content (AvgIpc) is 3.26. The maximum Gasteiger partial charge on any atom is 0.255 e. The summed E-state index contributed by atoms with van der Waals surface area (Å²) in [6, 6.07) is 7.77. The van der Waals surface area contributed by atoms with Crippen LogP contribution in [0.5, 0.6) is 5.75 Å². The van der Waals surface area contributed by atoms with Gasteiger partial charge in [0.25, 0.3) is 5.91 Å². The van der Waals surface area contributed by atoms with Crippen LogP contribution in [0.4, 0.5) is 4.39 Å². The minimum Gasteiger partial charge on any atom is -0.492 e. The minimum atomic E-state index is -0.363. The van der Waals surface area contributed by atoms with Gasteiger partial charge in [-0.2, -0.15) is 5.10 Å². The van der Waals surface area contributed by atoms with E-state index in [0.29, 0.717) is 35.7 Å². The number of carbonyl (C=O) groups excluding carboxylic acids is 1. The van der Waals surface area contributed by atoms with Crippen LogP contribution < -0.4 is 4.74 Å². The Hall–Kier alpha value is -3.81. The number of fused-ring (bicyclic) bond motifs is 1. The normalized spacial score (nSPS) is 11.0. The second kappa shape index (κ2) is 8.51. The molecular formula is C23H22FN5O2. The molecule has 0 aliphatic carbocycles. The second-order valence-corrected chi connectivity index (χ2v) is 7.20. The van der Waals surface area contributed by atoms with Gasteiger partial charge in [-0.1, -0.05) is 12.1 Å². The summed E-state index contributed by atoms with van der Waals surface area (Å²) in [5.41, 5.74) is 4.06. The molecule has 0 bridgehead atoms. The molecule has 158 valence electrons. The van der Waals surface area contributed by atoms with Crippen LogP contribution in [0.15, 0.2) is 48.9 Å². The van der Waals surface area contributed by atoms with E-state index in [4.69, 9.17) is 4.74 Å². The molecule has 0 aliphatic rings. The van der Waals surface area contributed by atoms with Crippen LogP contribution in [0, 0.1) is 12.7 Å². The van der Waals surface area contributed by atoms with Crippen molar-refractivity contribution in [3.05, 3.63) is 71.6 Å². The molecule has 0 fully saturated rings. The lowest BCUT2D eigenvalue weighted by molar-refractivity contribution is 0.0784. The maximum atomic E-state index is 13.7. The van der Waals surface area contributed by atoms with Crippen molar-refractivity contribution in [1.82, 2.24) is 25.1 Å². The van der Waals surface area contributed by atoms with E-state index in [0.717, 1.165) is 22.2 Å². The van der Waals surface area contributed by atoms with Crippen molar-refractivity contribution in [2.24, 2.45) is 0 Å². The Morgan fingerprint density at radius 3 is 2.81 bits per heavy atom. The van der Waals surface area contributed by atoms with Crippen molar-refractivity contribution in [2.75, 3.05) is 13.7 Å². The molecule has 31 heavy (non-hydrogen) atoms. The fourth-order valence-corrected chi connectivity index (χ4v) is 3.46. The molecule has 0 saturated carbocycles. The van der Waals surface area contributed by atoms with E-state index < -0.39 is 0 Å². The molecule has 3 aromatic heterocycles. The van der Waals surface area contributed by atoms with Gasteiger partial charge in [0, 0.05) is 48.2 Å². The number of nitrogens with one attached hydrogen (secondary N) is 1. The number of aryl methyl sites for hydroxylation is 1. The van der Waals surface area contributed by atoms with Gasteiger partial charge in [0.2, 0.25) is 0 Å². The first-order valence-corrected chi connectivity index (χ1v) is 9.89. The fraction of sp³-hybridized carbons (Fsp3) is 0.217. The van der Waals surface area contributed by atoms with E-state index in [2.05, 4.69) is 20.2 Å². The number of aromatic nitrogens is 4. The van der Waals surface area contributed by atoms with Crippen LogP contribution in [-0.4, -0.2) is 44.6 Å². The van der Waals surface area contributed by atoms with E-state index in [1.165, 1.54) is 18.3 Å². The molecule has 0 unspecified atom stereocenters. The largest absolute Gasteiger partial charge is 0.492 e. The van der Waals surface area contributed by atoms with Gasteiger partial charge in [-0.25, -0.2) is 4.39 Å². The lowest BCUT2D eigenvalue weighted by Gasteiger charge is -2.19. The Morgan fingerprint density at radius 1 is 1.19 bits per heavy atom. The van der Waals surface area contributed by atoms with Crippen molar-refractivity contribution in [3.8, 4) is 17.0 Å². The van der Waals surface area contributed by atoms with Gasteiger partial charge in [0.15, 0.2) is 0 Å². The van der Waals surface area contributed by atoms with Crippen molar-refractivity contribution in [1.29, 1.82) is 0 Å². The lowest BCUT2D eigenvalue weighted by atomic mass is 10.1. The Balaban J connectivity index is 1.62. The van der Waals surface area contributed by atoms with Crippen LogP contribution in [-0.2, 0) is 6.54 Å². The quantitative estimate of drug-likeness (QED) is 0.508. The SMILES string of the molecule is CCOc1cc(C(=O)N(C)Cc2cnc(C)c3cn[nH]c23)cnc1-c1cccc(F)c1. The highest BCUT2D eigenvalue weighted by Crippen LogP contribution is 2.30. The summed E-state index contributed by atoms with van der Waals surface area (Å²) in [4.78, 5) is 23.5. The Kier molecular flexibility index (Phi) is 5.62. The predicted octanol–water partition coefficient (Wildman–Crippen LogP) is 4.14. The molecule has 1 N–H and O–H groups in total. The number of hydrogen-bond acceptors (Lipinski definition) is 5. The average molecular weight is 419 g/mol. The summed E-state index contributed by atoms with van der Waals surface area (Å²) in [6.07, 6.45) is 4.96. The third-order valence-corrected chi connectivity index (χ3v) is 5.02. The van der Waals surface area contributed by atoms with Gasteiger partial charge < -0.3 is 9.64 Å². The Labute approximate surface area is 178 Å². The zero-order chi connectivity index (χ0) is 22.0. The molecule has 4 rings (SSSR count). The topological polar surface area (TPSA) is 84.0 Å². The molecule has 0 aliphatic heterocycles. The molecule has 1 amide bonds. The number of benzene rings is 1. The molecule has 8 heteroatoms. The summed E-state index contributed by atoms with van der Waals surface area (Å²) < 4.78 is 19.4. The summed E-state index contributed by atoms with van der Waals surface area (Å²) in [7, 11) is 1.71. The van der Waals surface area contributed by atoms with Gasteiger partial charge in [0.05, 0.1) is 23.9 Å². The highest BCUT2D eigenvalue weighted by atomic mass is 19.1. The number of aromatic amines is 1. The Morgan fingerprint density at radius 2 is 2.03 bits per heavy atom. The molecule has 7 nitrogen and oxygen atoms in total. The molecular weight excluding hydrogens is 397 g/mol. The van der Waals surface area contributed by atoms with Crippen LogP contribution in [0.1, 0.15) is 28.5 Å². The third kappa shape index (κ3) is 4.09. The number of H-pyrrole nitrogens is 1. The number of hydrogen-bond donors (Lipinski definition) is 1. The fourth-order valence-electron chi connectivity index (χ4n) is 3.46. The number of carbonyl (C=O) groups is 1. The zero-order valence-electron chi connectivity index (χ0n) is 17.5. The number of pyridine rings is 2. The number of ether oxygens (including phenoxy) is 1. The van der Waals surface area contributed by atoms with Gasteiger partial charge in [0.1, 0.15) is 17.3 Å². The highest BCUT2D eigenvalue weighted by molar-refractivity contribution is 5.95. The van der Waals surface area contributed by atoms with Gasteiger partial charge in [-0.05, 0) is 32.0 Å². The molecule has 3 heterocycles. The van der Waals surface area contributed by atoms with Gasteiger partial charge in [-0.3, -0.25) is 19.9 Å². The van der Waals surface area contributed by atoms with Crippen LogP contribution in [0.3, 0.4) is 0 Å². The van der Waals surface area contributed by atoms with Gasteiger partial charge in [-0.15, -0.1) is 0 Å². The smallest absolute Gasteiger partial charge is 0.255 e. The summed E-state index contributed by atoms with van der Waals surface area (Å²) >= 11 is 0. The van der Waals surface area contributed by atoms with Gasteiger partial charge >= 0.3 is 0 Å². The zero-order valence-corrected chi connectivity index (χ0v) is 17.5. The molecule has 0 atom stereocenters. The minimum absolute atomic E-state index is 0.215. The van der Waals surface area contributed by atoms with E-state index >= 15 is 0 Å². The number of rotatable bonds is 6. The predicted molar refractivity (Wildman–Crippen MR) is 115 cm³/mol. The maximum absolute atomic E-state index is 13.7. The summed E-state index contributed by atoms with van der Waals surface area (Å²) in [6.45, 7) is 4.50. The van der Waals surface area contributed by atoms with E-state index in [1.54, 1.807) is 42.5 Å². The monoisotopic (exact) mass is 419 g/mol. The lowest BCUT2D eigenvalue weighted by Crippen LogP contribution is -2.26. The first-order chi connectivity index (χ1) is 15.0. The number of halogens is 1. The van der Waals surface area contributed by atoms with Crippen LogP contribution >= 0.6 is 0 Å². The first kappa shape index (κ1) is 20.5. The number of nitrogens with zero attached hydrogens (tertiary/aromatic N) is 4.